The summed E-state index contributed by atoms with van der Waals surface area (Å²) in [4.78, 5) is 17.4. The lowest BCUT2D eigenvalue weighted by Crippen LogP contribution is -2.20. The number of aliphatic imine (C=N–C) groups is 1. The molecule has 33 heavy (non-hydrogen) atoms. The third kappa shape index (κ3) is 5.81. The molecule has 0 fully saturated rings. The molecule has 4 bridgehead atoms. The number of nitrogens with one attached hydrogen (secondary N) is 3. The number of aryl methyl sites for hydroxylation is 3. The number of carbonyl (C=O) groups excluding carboxylic acids is 1. The highest BCUT2D eigenvalue weighted by atomic mass is 35.5. The molecule has 2 aromatic carbocycles. The van der Waals surface area contributed by atoms with Crippen molar-refractivity contribution in [2.75, 3.05) is 16.0 Å². The van der Waals surface area contributed by atoms with E-state index in [0.717, 1.165) is 29.8 Å². The van der Waals surface area contributed by atoms with Crippen LogP contribution in [0.4, 0.5) is 17.1 Å². The first-order chi connectivity index (χ1) is 15.9. The summed E-state index contributed by atoms with van der Waals surface area (Å²) in [5, 5.41) is 14.4. The Balaban J connectivity index is 1.72. The highest BCUT2D eigenvalue weighted by Crippen LogP contribution is 2.24. The van der Waals surface area contributed by atoms with Gasteiger partial charge in [0.15, 0.2) is 5.69 Å². The Labute approximate surface area is 198 Å². The van der Waals surface area contributed by atoms with Crippen LogP contribution in [0.5, 0.6) is 0 Å². The Morgan fingerprint density at radius 3 is 2.70 bits per heavy atom. The van der Waals surface area contributed by atoms with E-state index in [-0.39, 0.29) is 12.1 Å². The van der Waals surface area contributed by atoms with Crippen molar-refractivity contribution in [3.63, 3.8) is 0 Å². The van der Waals surface area contributed by atoms with Gasteiger partial charge in [0.25, 0.3) is 5.91 Å². The molecule has 1 aliphatic rings. The first kappa shape index (κ1) is 22.6. The molecule has 3 N–H and O–H groups in total. The van der Waals surface area contributed by atoms with Gasteiger partial charge in [0.1, 0.15) is 12.0 Å². The fraction of sp³-hybridized carbons (Fsp3) is 0.240. The van der Waals surface area contributed by atoms with Crippen LogP contribution in [0.1, 0.15) is 35.5 Å². The number of halogens is 1. The number of rotatable bonds is 3. The van der Waals surface area contributed by atoms with E-state index in [1.165, 1.54) is 5.56 Å². The number of carbonyl (C=O) groups is 1. The average molecular weight is 463 g/mol. The van der Waals surface area contributed by atoms with E-state index in [2.05, 4.69) is 39.2 Å². The Kier molecular flexibility index (Phi) is 6.79. The molecule has 8 heteroatoms. The van der Waals surface area contributed by atoms with E-state index in [9.17, 15) is 4.79 Å². The van der Waals surface area contributed by atoms with Crippen LogP contribution in [0.25, 0.3) is 0 Å². The van der Waals surface area contributed by atoms with Crippen molar-refractivity contribution in [1.82, 2.24) is 9.78 Å². The van der Waals surface area contributed by atoms with Crippen molar-refractivity contribution in [2.45, 2.75) is 32.9 Å². The van der Waals surface area contributed by atoms with E-state index in [1.54, 1.807) is 30.1 Å². The predicted molar refractivity (Wildman–Crippen MR) is 135 cm³/mol. The molecule has 0 saturated heterocycles. The van der Waals surface area contributed by atoms with Crippen LogP contribution in [0, 0.1) is 0 Å². The largest absolute Gasteiger partial charge is 0.364 e. The normalized spacial score (nSPS) is 17.9. The molecule has 2 heterocycles. The number of benzene rings is 2. The molecule has 0 saturated carbocycles. The molecule has 1 unspecified atom stereocenters. The van der Waals surface area contributed by atoms with Gasteiger partial charge in [-0.05, 0) is 74.2 Å². The minimum atomic E-state index is -0.262. The van der Waals surface area contributed by atoms with Gasteiger partial charge in [-0.3, -0.25) is 9.48 Å². The second-order valence-corrected chi connectivity index (χ2v) is 8.41. The number of allylic oxidation sites excluding steroid dienone is 1. The maximum atomic E-state index is 12.7. The summed E-state index contributed by atoms with van der Waals surface area (Å²) in [5.74, 6) is 0.288. The summed E-state index contributed by atoms with van der Waals surface area (Å²) in [5.41, 5.74) is 5.14. The molecule has 1 amide bonds. The van der Waals surface area contributed by atoms with Gasteiger partial charge < -0.3 is 16.0 Å². The second kappa shape index (κ2) is 9.92. The average Bonchev–Trinajstić information content (AvgIpc) is 3.23. The number of fused-ring (bicyclic) bond motifs is 4. The maximum Gasteiger partial charge on any atom is 0.276 e. The summed E-state index contributed by atoms with van der Waals surface area (Å²) in [6.07, 6.45) is 5.01. The molecule has 0 radical (unpaired) electrons. The Hall–Kier alpha value is -3.58. The van der Waals surface area contributed by atoms with Crippen LogP contribution in [0.15, 0.2) is 70.8 Å². The van der Waals surface area contributed by atoms with E-state index < -0.39 is 0 Å². The molecular weight excluding hydrogens is 436 g/mol. The molecule has 4 rings (SSSR count). The van der Waals surface area contributed by atoms with Gasteiger partial charge in [0.05, 0.1) is 5.03 Å². The first-order valence-corrected chi connectivity index (χ1v) is 11.2. The zero-order valence-corrected chi connectivity index (χ0v) is 19.6. The lowest BCUT2D eigenvalue weighted by Gasteiger charge is -2.16. The van der Waals surface area contributed by atoms with Crippen LogP contribution in [0.3, 0.4) is 0 Å². The Morgan fingerprint density at radius 1 is 1.15 bits per heavy atom. The molecule has 1 atom stereocenters. The van der Waals surface area contributed by atoms with Crippen molar-refractivity contribution >= 4 is 40.4 Å². The molecule has 170 valence electrons. The van der Waals surface area contributed by atoms with Crippen molar-refractivity contribution in [1.29, 1.82) is 0 Å². The summed E-state index contributed by atoms with van der Waals surface area (Å²) in [7, 11) is 1.78. The Bertz CT molecular complexity index is 1230. The quantitative estimate of drug-likeness (QED) is 0.500. The van der Waals surface area contributed by atoms with Crippen LogP contribution in [0.2, 0.25) is 0 Å². The van der Waals surface area contributed by atoms with Gasteiger partial charge in [-0.15, -0.1) is 0 Å². The first-order valence-electron chi connectivity index (χ1n) is 10.9. The number of hydrogen-bond acceptors (Lipinski definition) is 5. The van der Waals surface area contributed by atoms with Gasteiger partial charge in [-0.25, -0.2) is 4.99 Å². The molecule has 1 aliphatic heterocycles. The predicted octanol–water partition coefficient (Wildman–Crippen LogP) is 5.18. The SMILES string of the molecule is C/C=C(Cl)\C1=N/C(C)Nc2cccc(c2)CCc2cc(NC(=O)c3ccn(C)n3)cc(c2)N1. The highest BCUT2D eigenvalue weighted by Gasteiger charge is 2.14. The van der Waals surface area contributed by atoms with Gasteiger partial charge in [-0.1, -0.05) is 29.8 Å². The van der Waals surface area contributed by atoms with Crippen molar-refractivity contribution in [2.24, 2.45) is 12.0 Å². The van der Waals surface area contributed by atoms with Crippen LogP contribution in [-0.4, -0.2) is 27.7 Å². The molecule has 7 nitrogen and oxygen atoms in total. The minimum Gasteiger partial charge on any atom is -0.364 e. The fourth-order valence-corrected chi connectivity index (χ4v) is 3.81. The van der Waals surface area contributed by atoms with Gasteiger partial charge in [0, 0.05) is 30.3 Å². The van der Waals surface area contributed by atoms with Gasteiger partial charge >= 0.3 is 0 Å². The van der Waals surface area contributed by atoms with Crippen LogP contribution in [-0.2, 0) is 19.9 Å². The van der Waals surface area contributed by atoms with Gasteiger partial charge in [0.2, 0.25) is 0 Å². The standard InChI is InChI=1S/C25H27ClN6O/c1-4-22(26)24-28-16(2)27-19-7-5-6-17(12-19)8-9-18-13-20(29-24)15-21(14-18)30-25(33)23-10-11-32(3)31-23/h4-7,10-16,27H,8-9H2,1-3H3,(H,28,29)(H,30,33)/b22-4+. The molecule has 0 aliphatic carbocycles. The third-order valence-corrected chi connectivity index (χ3v) is 5.66. The van der Waals surface area contributed by atoms with Crippen molar-refractivity contribution < 1.29 is 4.79 Å². The second-order valence-electron chi connectivity index (χ2n) is 8.01. The number of anilines is 3. The minimum absolute atomic E-state index is 0.205. The smallest absolute Gasteiger partial charge is 0.276 e. The van der Waals surface area contributed by atoms with E-state index >= 15 is 0 Å². The molecule has 3 aromatic rings. The monoisotopic (exact) mass is 462 g/mol. The van der Waals surface area contributed by atoms with E-state index in [4.69, 9.17) is 16.6 Å². The third-order valence-electron chi connectivity index (χ3n) is 5.27. The van der Waals surface area contributed by atoms with Crippen LogP contribution >= 0.6 is 11.6 Å². The topological polar surface area (TPSA) is 83.3 Å². The lowest BCUT2D eigenvalue weighted by molar-refractivity contribution is 0.102. The number of amidine groups is 1. The molecular formula is C25H27ClN6O. The molecule has 0 spiro atoms. The summed E-state index contributed by atoms with van der Waals surface area (Å²) < 4.78 is 1.60. The van der Waals surface area contributed by atoms with Crippen LogP contribution < -0.4 is 16.0 Å². The lowest BCUT2D eigenvalue weighted by atomic mass is 10.0. The van der Waals surface area contributed by atoms with E-state index in [0.29, 0.717) is 22.2 Å². The summed E-state index contributed by atoms with van der Waals surface area (Å²) >= 11 is 6.48. The van der Waals surface area contributed by atoms with E-state index in [1.807, 2.05) is 38.1 Å². The summed E-state index contributed by atoms with van der Waals surface area (Å²) in [6.45, 7) is 3.84. The number of aromatic nitrogens is 2. The maximum absolute atomic E-state index is 12.7. The van der Waals surface area contributed by atoms with Gasteiger partial charge in [-0.2, -0.15) is 5.10 Å². The summed E-state index contributed by atoms with van der Waals surface area (Å²) in [6, 6.07) is 15.9. The number of hydrogen-bond donors (Lipinski definition) is 3. The Morgan fingerprint density at radius 2 is 1.94 bits per heavy atom. The number of amides is 1. The highest BCUT2D eigenvalue weighted by molar-refractivity contribution is 6.45. The zero-order chi connectivity index (χ0) is 23.4. The fourth-order valence-electron chi connectivity index (χ4n) is 3.71. The van der Waals surface area contributed by atoms with Crippen molar-refractivity contribution in [3.8, 4) is 0 Å². The molecule has 1 aromatic heterocycles. The zero-order valence-electron chi connectivity index (χ0n) is 18.9. The number of nitrogens with zero attached hydrogens (tertiary/aromatic N) is 3. The van der Waals surface area contributed by atoms with Crippen molar-refractivity contribution in [3.05, 3.63) is 82.7 Å².